The average molecular weight is 600 g/mol. The molecule has 1 aliphatic heterocycles. The van der Waals surface area contributed by atoms with Gasteiger partial charge in [-0.1, -0.05) is 18.2 Å². The van der Waals surface area contributed by atoms with Gasteiger partial charge in [0.15, 0.2) is 5.82 Å². The number of nitrogens with zero attached hydrogens (tertiary/aromatic N) is 4. The van der Waals surface area contributed by atoms with Gasteiger partial charge >= 0.3 is 0 Å². The van der Waals surface area contributed by atoms with E-state index in [0.717, 1.165) is 0 Å². The summed E-state index contributed by atoms with van der Waals surface area (Å²) in [6.45, 7) is 2.49. The molecule has 2 aromatic heterocycles. The Labute approximate surface area is 243 Å². The van der Waals surface area contributed by atoms with Crippen LogP contribution in [-0.4, -0.2) is 69.7 Å². The number of aromatic nitrogens is 3. The predicted molar refractivity (Wildman–Crippen MR) is 157 cm³/mol. The van der Waals surface area contributed by atoms with E-state index in [1.54, 1.807) is 42.6 Å². The second-order valence-electron chi connectivity index (χ2n) is 9.56. The second kappa shape index (κ2) is 13.4. The number of nitrogens with one attached hydrogen (secondary N) is 1. The normalized spacial score (nSPS) is 15.1. The molecule has 0 spiro atoms. The molecule has 2 aromatic carbocycles. The molecule has 4 aromatic rings. The lowest BCUT2D eigenvalue weighted by molar-refractivity contribution is 0.122. The van der Waals surface area contributed by atoms with Crippen LogP contribution in [0.5, 0.6) is 5.75 Å². The van der Waals surface area contributed by atoms with Crippen LogP contribution in [0.25, 0.3) is 33.4 Å². The van der Waals surface area contributed by atoms with Crippen molar-refractivity contribution in [2.45, 2.75) is 12.6 Å². The van der Waals surface area contributed by atoms with E-state index in [1.165, 1.54) is 6.07 Å². The standard InChI is InChI=1S/C28H31F2N7O4S/c29-22(6-8-34-42(38)39)20-3-1-2-19(25(20)30)18-14-21-26(23(15-18)41-11-7-31)35-27(17-4-5-24(32)33-16-17)36-28(21)37-9-12-40-13-10-37/h1-5,14-16,22,34H,6-13,31H2,(H2,32,33)(H,38,39). The molecule has 0 saturated carbocycles. The van der Waals surface area contributed by atoms with Crippen molar-refractivity contribution in [1.82, 2.24) is 19.7 Å². The van der Waals surface area contributed by atoms with Crippen molar-refractivity contribution in [3.8, 4) is 28.3 Å². The van der Waals surface area contributed by atoms with Crippen molar-refractivity contribution in [3.05, 3.63) is 60.0 Å². The van der Waals surface area contributed by atoms with E-state index in [0.29, 0.717) is 71.5 Å². The molecule has 2 atom stereocenters. The van der Waals surface area contributed by atoms with Gasteiger partial charge in [0.2, 0.25) is 11.3 Å². The predicted octanol–water partition coefficient (Wildman–Crippen LogP) is 3.38. The lowest BCUT2D eigenvalue weighted by atomic mass is 9.97. The average Bonchev–Trinajstić information content (AvgIpc) is 3.00. The number of benzene rings is 2. The Hall–Kier alpha value is -3.82. The molecule has 3 heterocycles. The molecule has 2 unspecified atom stereocenters. The lowest BCUT2D eigenvalue weighted by Gasteiger charge is -2.29. The molecule has 5 rings (SSSR count). The number of nitrogen functional groups attached to an aromatic ring is 1. The third-order valence-corrected chi connectivity index (χ3v) is 7.23. The van der Waals surface area contributed by atoms with E-state index in [1.807, 2.05) is 0 Å². The number of anilines is 2. The molecule has 0 bridgehead atoms. The van der Waals surface area contributed by atoms with Crippen LogP contribution in [0.1, 0.15) is 18.2 Å². The van der Waals surface area contributed by atoms with Gasteiger partial charge in [-0.3, -0.25) is 4.55 Å². The highest BCUT2D eigenvalue weighted by Crippen LogP contribution is 2.39. The zero-order chi connectivity index (χ0) is 29.6. The molecular weight excluding hydrogens is 568 g/mol. The fourth-order valence-corrected chi connectivity index (χ4v) is 5.04. The van der Waals surface area contributed by atoms with Crippen LogP contribution >= 0.6 is 0 Å². The highest BCUT2D eigenvalue weighted by atomic mass is 32.2. The van der Waals surface area contributed by atoms with Crippen LogP contribution in [0.3, 0.4) is 0 Å². The van der Waals surface area contributed by atoms with Crippen LogP contribution in [0, 0.1) is 5.82 Å². The van der Waals surface area contributed by atoms with E-state index < -0.39 is 23.3 Å². The molecule has 0 aliphatic carbocycles. The Bertz CT molecular complexity index is 1570. The van der Waals surface area contributed by atoms with E-state index in [-0.39, 0.29) is 37.2 Å². The Kier molecular flexibility index (Phi) is 9.49. The third kappa shape index (κ3) is 6.63. The Morgan fingerprint density at radius 3 is 2.69 bits per heavy atom. The van der Waals surface area contributed by atoms with Crippen molar-refractivity contribution < 1.29 is 27.0 Å². The molecule has 11 nitrogen and oxygen atoms in total. The maximum Gasteiger partial charge on any atom is 0.231 e. The van der Waals surface area contributed by atoms with Crippen molar-refractivity contribution >= 4 is 33.8 Å². The number of morpholine rings is 1. The fraction of sp³-hybridized carbons (Fsp3) is 0.321. The Morgan fingerprint density at radius 1 is 1.17 bits per heavy atom. The van der Waals surface area contributed by atoms with Crippen molar-refractivity contribution in [1.29, 1.82) is 0 Å². The van der Waals surface area contributed by atoms with Gasteiger partial charge in [0.25, 0.3) is 0 Å². The van der Waals surface area contributed by atoms with Crippen LogP contribution in [0.15, 0.2) is 48.7 Å². The number of rotatable bonds is 11. The summed E-state index contributed by atoms with van der Waals surface area (Å²) in [7, 11) is 0. The Balaban J connectivity index is 1.66. The minimum Gasteiger partial charge on any atom is -0.490 e. The van der Waals surface area contributed by atoms with Crippen molar-refractivity contribution in [3.63, 3.8) is 0 Å². The van der Waals surface area contributed by atoms with E-state index in [2.05, 4.69) is 14.6 Å². The van der Waals surface area contributed by atoms with Crippen LogP contribution in [0.4, 0.5) is 20.4 Å². The Morgan fingerprint density at radius 2 is 1.98 bits per heavy atom. The summed E-state index contributed by atoms with van der Waals surface area (Å²) in [4.78, 5) is 15.9. The number of fused-ring (bicyclic) bond motifs is 1. The van der Waals surface area contributed by atoms with Crippen LogP contribution < -0.4 is 25.8 Å². The summed E-state index contributed by atoms with van der Waals surface area (Å²) < 4.78 is 64.4. The number of pyridine rings is 1. The highest BCUT2D eigenvalue weighted by molar-refractivity contribution is 7.77. The summed E-state index contributed by atoms with van der Waals surface area (Å²) >= 11 is -2.28. The van der Waals surface area contributed by atoms with Crippen LogP contribution in [0.2, 0.25) is 0 Å². The molecule has 222 valence electrons. The lowest BCUT2D eigenvalue weighted by Crippen LogP contribution is -2.37. The van der Waals surface area contributed by atoms with Crippen molar-refractivity contribution in [2.75, 3.05) is 56.6 Å². The zero-order valence-electron chi connectivity index (χ0n) is 22.6. The van der Waals surface area contributed by atoms with Gasteiger partial charge in [-0.25, -0.2) is 32.7 Å². The molecule has 0 radical (unpaired) electrons. The first-order valence-corrected chi connectivity index (χ1v) is 14.5. The molecule has 1 fully saturated rings. The monoisotopic (exact) mass is 599 g/mol. The quantitative estimate of drug-likeness (QED) is 0.188. The van der Waals surface area contributed by atoms with Crippen molar-refractivity contribution in [2.24, 2.45) is 5.73 Å². The molecule has 1 aliphatic rings. The maximum absolute atomic E-state index is 15.8. The third-order valence-electron chi connectivity index (χ3n) is 6.78. The van der Waals surface area contributed by atoms with Gasteiger partial charge in [-0.2, -0.15) is 0 Å². The highest BCUT2D eigenvalue weighted by Gasteiger charge is 2.24. The minimum absolute atomic E-state index is 0.104. The van der Waals surface area contributed by atoms with Gasteiger partial charge < -0.3 is 25.8 Å². The van der Waals surface area contributed by atoms with Gasteiger partial charge in [-0.05, 0) is 36.2 Å². The zero-order valence-corrected chi connectivity index (χ0v) is 23.4. The first-order valence-electron chi connectivity index (χ1n) is 13.4. The number of alkyl halides is 1. The molecule has 1 saturated heterocycles. The molecule has 42 heavy (non-hydrogen) atoms. The maximum atomic E-state index is 15.8. The number of hydrogen-bond acceptors (Lipinski definition) is 9. The number of halogens is 2. The second-order valence-corrected chi connectivity index (χ2v) is 10.3. The first kappa shape index (κ1) is 29.7. The summed E-state index contributed by atoms with van der Waals surface area (Å²) in [6.07, 6.45) is -0.290. The van der Waals surface area contributed by atoms with Gasteiger partial charge in [-0.15, -0.1) is 0 Å². The summed E-state index contributed by atoms with van der Waals surface area (Å²) in [5.74, 6) is 1.01. The van der Waals surface area contributed by atoms with Gasteiger partial charge in [0.05, 0.1) is 13.2 Å². The van der Waals surface area contributed by atoms with E-state index >= 15 is 8.78 Å². The minimum atomic E-state index is -2.28. The number of hydrogen-bond donors (Lipinski definition) is 4. The van der Waals surface area contributed by atoms with Gasteiger partial charge in [0.1, 0.15) is 41.5 Å². The van der Waals surface area contributed by atoms with E-state index in [9.17, 15) is 4.21 Å². The smallest absolute Gasteiger partial charge is 0.231 e. The summed E-state index contributed by atoms with van der Waals surface area (Å²) in [5.41, 5.74) is 13.1. The number of nitrogens with two attached hydrogens (primary N) is 2. The van der Waals surface area contributed by atoms with Gasteiger partial charge in [0, 0.05) is 54.5 Å². The molecule has 0 amide bonds. The largest absolute Gasteiger partial charge is 0.490 e. The van der Waals surface area contributed by atoms with E-state index in [4.69, 9.17) is 35.5 Å². The molecule has 6 N–H and O–H groups in total. The summed E-state index contributed by atoms with van der Waals surface area (Å²) in [5, 5.41) is 0.616. The topological polar surface area (TPSA) is 162 Å². The fourth-order valence-electron chi connectivity index (χ4n) is 4.75. The first-order chi connectivity index (χ1) is 20.4. The van der Waals surface area contributed by atoms with Crippen LogP contribution in [-0.2, 0) is 16.0 Å². The molecule has 14 heteroatoms. The summed E-state index contributed by atoms with van der Waals surface area (Å²) in [6, 6.07) is 11.4. The number of ether oxygens (including phenoxy) is 2. The SMILES string of the molecule is NCCOc1cc(-c2cccc(C(F)CCNS(=O)O)c2F)cc2c(N3CCOCC3)nc(-c3ccc(N)nc3)nc12. The molecular formula is C28H31F2N7O4S.